The number of ether oxygens (including phenoxy) is 1. The Bertz CT molecular complexity index is 478. The largest absolute Gasteiger partial charge is 0.384 e. The molecule has 1 saturated heterocycles. The molecular formula is C16H24FN3O. The van der Waals surface area contributed by atoms with Crippen LogP contribution in [0.4, 0.5) is 4.39 Å². The number of likely N-dealkylation sites (tertiary alicyclic amines) is 1. The van der Waals surface area contributed by atoms with E-state index in [4.69, 9.17) is 4.74 Å². The van der Waals surface area contributed by atoms with Gasteiger partial charge in [0.15, 0.2) is 5.96 Å². The summed E-state index contributed by atoms with van der Waals surface area (Å²) in [6.45, 7) is 6.12. The number of nitrogens with one attached hydrogen (secondary N) is 1. The Kier molecular flexibility index (Phi) is 5.99. The fourth-order valence-electron chi connectivity index (χ4n) is 2.62. The average molecular weight is 293 g/mol. The van der Waals surface area contributed by atoms with Crippen LogP contribution in [0.3, 0.4) is 0 Å². The van der Waals surface area contributed by atoms with Crippen molar-refractivity contribution in [3.63, 3.8) is 0 Å². The first-order chi connectivity index (χ1) is 10.2. The molecule has 4 nitrogen and oxygen atoms in total. The third-order valence-electron chi connectivity index (χ3n) is 3.62. The van der Waals surface area contributed by atoms with Crippen molar-refractivity contribution in [2.45, 2.75) is 19.9 Å². The molecule has 1 fully saturated rings. The van der Waals surface area contributed by atoms with Gasteiger partial charge in [0.2, 0.25) is 0 Å². The number of rotatable bonds is 5. The molecule has 0 aromatic heterocycles. The summed E-state index contributed by atoms with van der Waals surface area (Å²) in [6.07, 6.45) is 1.12. The third kappa shape index (κ3) is 4.70. The molecule has 1 aromatic rings. The van der Waals surface area contributed by atoms with Gasteiger partial charge in [-0.3, -0.25) is 0 Å². The molecule has 0 spiro atoms. The summed E-state index contributed by atoms with van der Waals surface area (Å²) in [7, 11) is 1.74. The molecule has 1 atom stereocenters. The van der Waals surface area contributed by atoms with E-state index in [1.807, 2.05) is 6.07 Å². The van der Waals surface area contributed by atoms with E-state index >= 15 is 0 Å². The summed E-state index contributed by atoms with van der Waals surface area (Å²) in [5.41, 5.74) is 0.887. The van der Waals surface area contributed by atoms with E-state index < -0.39 is 0 Å². The van der Waals surface area contributed by atoms with Gasteiger partial charge in [0.1, 0.15) is 5.82 Å². The van der Waals surface area contributed by atoms with Gasteiger partial charge in [0.05, 0.1) is 13.2 Å². The quantitative estimate of drug-likeness (QED) is 0.668. The lowest BCUT2D eigenvalue weighted by atomic mass is 10.1. The van der Waals surface area contributed by atoms with Crippen molar-refractivity contribution in [1.82, 2.24) is 10.2 Å². The maximum atomic E-state index is 13.2. The maximum absolute atomic E-state index is 13.2. The van der Waals surface area contributed by atoms with Gasteiger partial charge >= 0.3 is 0 Å². The molecule has 21 heavy (non-hydrogen) atoms. The Morgan fingerprint density at radius 3 is 3.10 bits per heavy atom. The minimum Gasteiger partial charge on any atom is -0.384 e. The molecule has 116 valence electrons. The number of halogens is 1. The van der Waals surface area contributed by atoms with Crippen LogP contribution in [-0.4, -0.2) is 44.2 Å². The molecule has 1 aliphatic rings. The Balaban J connectivity index is 1.99. The Hall–Kier alpha value is -1.62. The standard InChI is InChI=1S/C16H24FN3O/c1-3-18-16(20-8-7-14(11-20)12-21-2)19-10-13-5-4-6-15(17)9-13/h4-6,9,14H,3,7-8,10-12H2,1-2H3,(H,18,19). The first-order valence-corrected chi connectivity index (χ1v) is 7.49. The molecule has 0 radical (unpaired) electrons. The minimum atomic E-state index is -0.214. The molecule has 1 unspecified atom stereocenters. The first kappa shape index (κ1) is 15.8. The van der Waals surface area contributed by atoms with E-state index in [1.54, 1.807) is 13.2 Å². The number of nitrogens with zero attached hydrogens (tertiary/aromatic N) is 2. The number of guanidine groups is 1. The predicted octanol–water partition coefficient (Wildman–Crippen LogP) is 2.26. The van der Waals surface area contributed by atoms with Gasteiger partial charge < -0.3 is 15.0 Å². The summed E-state index contributed by atoms with van der Waals surface area (Å²) in [5.74, 6) is 1.25. The van der Waals surface area contributed by atoms with E-state index in [-0.39, 0.29) is 5.82 Å². The van der Waals surface area contributed by atoms with E-state index in [0.29, 0.717) is 12.5 Å². The van der Waals surface area contributed by atoms with Crippen LogP contribution in [0.1, 0.15) is 18.9 Å². The highest BCUT2D eigenvalue weighted by molar-refractivity contribution is 5.80. The molecule has 0 aliphatic carbocycles. The Morgan fingerprint density at radius 1 is 1.52 bits per heavy atom. The molecule has 0 bridgehead atoms. The van der Waals surface area contributed by atoms with Crippen molar-refractivity contribution < 1.29 is 9.13 Å². The van der Waals surface area contributed by atoms with Crippen LogP contribution in [0.5, 0.6) is 0 Å². The van der Waals surface area contributed by atoms with Gasteiger partial charge in [-0.25, -0.2) is 9.38 Å². The van der Waals surface area contributed by atoms with Crippen LogP contribution in [0, 0.1) is 11.7 Å². The highest BCUT2D eigenvalue weighted by Gasteiger charge is 2.24. The fourth-order valence-corrected chi connectivity index (χ4v) is 2.62. The van der Waals surface area contributed by atoms with E-state index in [0.717, 1.165) is 44.2 Å². The number of hydrogen-bond donors (Lipinski definition) is 1. The van der Waals surface area contributed by atoms with Crippen molar-refractivity contribution in [1.29, 1.82) is 0 Å². The molecule has 0 amide bonds. The zero-order valence-electron chi connectivity index (χ0n) is 12.8. The third-order valence-corrected chi connectivity index (χ3v) is 3.62. The number of methoxy groups -OCH3 is 1. The van der Waals surface area contributed by atoms with Crippen LogP contribution >= 0.6 is 0 Å². The zero-order valence-corrected chi connectivity index (χ0v) is 12.8. The molecule has 0 saturated carbocycles. The van der Waals surface area contributed by atoms with E-state index in [2.05, 4.69) is 22.1 Å². The van der Waals surface area contributed by atoms with Crippen molar-refractivity contribution in [3.05, 3.63) is 35.6 Å². The van der Waals surface area contributed by atoms with E-state index in [1.165, 1.54) is 12.1 Å². The Labute approximate surface area is 126 Å². The maximum Gasteiger partial charge on any atom is 0.194 e. The summed E-state index contributed by atoms with van der Waals surface area (Å²) < 4.78 is 18.4. The van der Waals surface area contributed by atoms with Crippen LogP contribution in [-0.2, 0) is 11.3 Å². The number of hydrogen-bond acceptors (Lipinski definition) is 2. The van der Waals surface area contributed by atoms with Gasteiger partial charge in [-0.2, -0.15) is 0 Å². The number of benzene rings is 1. The minimum absolute atomic E-state index is 0.214. The lowest BCUT2D eigenvalue weighted by molar-refractivity contribution is 0.157. The van der Waals surface area contributed by atoms with Crippen molar-refractivity contribution in [2.24, 2.45) is 10.9 Å². The summed E-state index contributed by atoms with van der Waals surface area (Å²) in [4.78, 5) is 6.88. The van der Waals surface area contributed by atoms with Crippen LogP contribution in [0.25, 0.3) is 0 Å². The van der Waals surface area contributed by atoms with Gasteiger partial charge in [-0.1, -0.05) is 12.1 Å². The first-order valence-electron chi connectivity index (χ1n) is 7.49. The van der Waals surface area contributed by atoms with Crippen molar-refractivity contribution in [2.75, 3.05) is 33.4 Å². The van der Waals surface area contributed by atoms with Crippen LogP contribution < -0.4 is 5.32 Å². The Morgan fingerprint density at radius 2 is 2.38 bits per heavy atom. The monoisotopic (exact) mass is 293 g/mol. The summed E-state index contributed by atoms with van der Waals surface area (Å²) >= 11 is 0. The lowest BCUT2D eigenvalue weighted by Crippen LogP contribution is -2.40. The van der Waals surface area contributed by atoms with Gasteiger partial charge in [0, 0.05) is 32.7 Å². The topological polar surface area (TPSA) is 36.9 Å². The van der Waals surface area contributed by atoms with Gasteiger partial charge in [0.25, 0.3) is 0 Å². The second-order valence-electron chi connectivity index (χ2n) is 5.36. The second-order valence-corrected chi connectivity index (χ2v) is 5.36. The smallest absolute Gasteiger partial charge is 0.194 e. The molecule has 1 aliphatic heterocycles. The van der Waals surface area contributed by atoms with Crippen LogP contribution in [0.2, 0.25) is 0 Å². The highest BCUT2D eigenvalue weighted by Crippen LogP contribution is 2.16. The zero-order chi connectivity index (χ0) is 15.1. The van der Waals surface area contributed by atoms with Gasteiger partial charge in [-0.15, -0.1) is 0 Å². The van der Waals surface area contributed by atoms with Crippen LogP contribution in [0.15, 0.2) is 29.3 Å². The molecule has 2 rings (SSSR count). The lowest BCUT2D eigenvalue weighted by Gasteiger charge is -2.21. The van der Waals surface area contributed by atoms with Crippen molar-refractivity contribution in [3.8, 4) is 0 Å². The molecule has 1 N–H and O–H groups in total. The molecule has 1 heterocycles. The summed E-state index contributed by atoms with van der Waals surface area (Å²) in [5, 5.41) is 3.31. The van der Waals surface area contributed by atoms with Gasteiger partial charge in [-0.05, 0) is 31.0 Å². The highest BCUT2D eigenvalue weighted by atomic mass is 19.1. The molecule has 5 heteroatoms. The predicted molar refractivity (Wildman–Crippen MR) is 82.8 cm³/mol. The number of aliphatic imine (C=N–C) groups is 1. The van der Waals surface area contributed by atoms with E-state index in [9.17, 15) is 4.39 Å². The fraction of sp³-hybridized carbons (Fsp3) is 0.562. The normalized spacial score (nSPS) is 19.1. The molecule has 1 aromatic carbocycles. The molecular weight excluding hydrogens is 269 g/mol. The average Bonchev–Trinajstić information content (AvgIpc) is 2.92. The second kappa shape index (κ2) is 7.98. The summed E-state index contributed by atoms with van der Waals surface area (Å²) in [6, 6.07) is 6.60. The van der Waals surface area contributed by atoms with Crippen molar-refractivity contribution >= 4 is 5.96 Å². The SMILES string of the molecule is CCNC(=NCc1cccc(F)c1)N1CCC(COC)C1.